The highest BCUT2D eigenvalue weighted by Crippen LogP contribution is 2.09. The lowest BCUT2D eigenvalue weighted by molar-refractivity contribution is 0.0689. The minimum absolute atomic E-state index is 0.0581. The van der Waals surface area contributed by atoms with Crippen molar-refractivity contribution in [2.24, 2.45) is 0 Å². The predicted molar refractivity (Wildman–Crippen MR) is 66.3 cm³/mol. The average Bonchev–Trinajstić information content (AvgIpc) is 2.87. The van der Waals surface area contributed by atoms with Crippen molar-refractivity contribution < 1.29 is 14.7 Å². The number of aromatic nitrogens is 3. The van der Waals surface area contributed by atoms with Crippen LogP contribution in [0.25, 0.3) is 5.69 Å². The molecule has 7 nitrogen and oxygen atoms in total. The summed E-state index contributed by atoms with van der Waals surface area (Å²) in [5.41, 5.74) is 0.792. The molecule has 0 spiro atoms. The van der Waals surface area contributed by atoms with Gasteiger partial charge in [0.2, 0.25) is 0 Å². The molecule has 0 saturated heterocycles. The fourth-order valence-corrected chi connectivity index (χ4v) is 1.49. The Labute approximate surface area is 109 Å². The van der Waals surface area contributed by atoms with E-state index in [-0.39, 0.29) is 17.3 Å². The van der Waals surface area contributed by atoms with Crippen LogP contribution in [0, 0.1) is 0 Å². The second kappa shape index (κ2) is 4.89. The van der Waals surface area contributed by atoms with Crippen LogP contribution in [0.4, 0.5) is 0 Å². The van der Waals surface area contributed by atoms with Gasteiger partial charge in [0.05, 0.1) is 5.69 Å². The van der Waals surface area contributed by atoms with Crippen molar-refractivity contribution in [1.29, 1.82) is 0 Å². The van der Waals surface area contributed by atoms with Crippen LogP contribution < -0.4 is 0 Å². The van der Waals surface area contributed by atoms with Crippen molar-refractivity contribution in [3.63, 3.8) is 0 Å². The normalized spacial score (nSPS) is 10.2. The molecule has 0 aliphatic rings. The van der Waals surface area contributed by atoms with E-state index in [1.54, 1.807) is 26.2 Å². The smallest absolute Gasteiger partial charge is 0.356 e. The van der Waals surface area contributed by atoms with Gasteiger partial charge in [-0.05, 0) is 18.2 Å². The third kappa shape index (κ3) is 2.59. The van der Waals surface area contributed by atoms with E-state index >= 15 is 0 Å². The van der Waals surface area contributed by atoms with Crippen molar-refractivity contribution in [3.05, 3.63) is 42.0 Å². The Kier molecular flexibility index (Phi) is 3.28. The Morgan fingerprint density at radius 3 is 2.58 bits per heavy atom. The van der Waals surface area contributed by atoms with Gasteiger partial charge >= 0.3 is 5.97 Å². The predicted octanol–water partition coefficient (Wildman–Crippen LogP) is 0.667. The Morgan fingerprint density at radius 2 is 2.00 bits per heavy atom. The Balaban J connectivity index is 2.37. The maximum atomic E-state index is 11.8. The van der Waals surface area contributed by atoms with E-state index in [9.17, 15) is 9.59 Å². The van der Waals surface area contributed by atoms with Crippen molar-refractivity contribution in [3.8, 4) is 5.69 Å². The topological polar surface area (TPSA) is 88.3 Å². The maximum Gasteiger partial charge on any atom is 0.356 e. The summed E-state index contributed by atoms with van der Waals surface area (Å²) in [6.07, 6.45) is 3.00. The lowest BCUT2D eigenvalue weighted by Gasteiger charge is -2.10. The number of amides is 1. The van der Waals surface area contributed by atoms with Gasteiger partial charge < -0.3 is 10.0 Å². The molecular formula is C12H12N4O3. The van der Waals surface area contributed by atoms with E-state index in [0.717, 1.165) is 0 Å². The molecule has 2 aromatic heterocycles. The van der Waals surface area contributed by atoms with Crippen LogP contribution in [0.15, 0.2) is 30.6 Å². The van der Waals surface area contributed by atoms with Gasteiger partial charge in [0, 0.05) is 26.5 Å². The van der Waals surface area contributed by atoms with Gasteiger partial charge in [-0.1, -0.05) is 0 Å². The van der Waals surface area contributed by atoms with Gasteiger partial charge in [-0.15, -0.1) is 0 Å². The van der Waals surface area contributed by atoms with Gasteiger partial charge in [0.25, 0.3) is 5.91 Å². The second-order valence-electron chi connectivity index (χ2n) is 4.05. The van der Waals surface area contributed by atoms with Crippen molar-refractivity contribution in [2.45, 2.75) is 0 Å². The molecule has 19 heavy (non-hydrogen) atoms. The van der Waals surface area contributed by atoms with Gasteiger partial charge in [-0.25, -0.2) is 9.48 Å². The highest BCUT2D eigenvalue weighted by Gasteiger charge is 2.12. The van der Waals surface area contributed by atoms with E-state index < -0.39 is 5.97 Å². The lowest BCUT2D eigenvalue weighted by Crippen LogP contribution is -2.22. The fraction of sp³-hybridized carbons (Fsp3) is 0.167. The van der Waals surface area contributed by atoms with Crippen LogP contribution in [0.5, 0.6) is 0 Å². The maximum absolute atomic E-state index is 11.8. The Hall–Kier alpha value is -2.70. The summed E-state index contributed by atoms with van der Waals surface area (Å²) >= 11 is 0. The van der Waals surface area contributed by atoms with Gasteiger partial charge in [0.15, 0.2) is 5.69 Å². The van der Waals surface area contributed by atoms with E-state index in [2.05, 4.69) is 10.1 Å². The summed E-state index contributed by atoms with van der Waals surface area (Å²) in [6, 6.07) is 4.59. The molecule has 0 aromatic carbocycles. The van der Waals surface area contributed by atoms with E-state index in [1.165, 1.54) is 28.0 Å². The molecule has 0 aliphatic heterocycles. The number of carbonyl (C=O) groups excluding carboxylic acids is 1. The average molecular weight is 260 g/mol. The molecule has 2 aromatic rings. The molecule has 0 fully saturated rings. The van der Waals surface area contributed by atoms with Crippen molar-refractivity contribution in [1.82, 2.24) is 19.7 Å². The Bertz CT molecular complexity index is 633. The number of pyridine rings is 1. The zero-order valence-corrected chi connectivity index (χ0v) is 10.4. The summed E-state index contributed by atoms with van der Waals surface area (Å²) in [5.74, 6) is -1.33. The van der Waals surface area contributed by atoms with Crippen LogP contribution in [-0.4, -0.2) is 50.7 Å². The van der Waals surface area contributed by atoms with Crippen molar-refractivity contribution in [2.75, 3.05) is 14.1 Å². The zero-order valence-electron chi connectivity index (χ0n) is 10.4. The van der Waals surface area contributed by atoms with Crippen LogP contribution in [0.2, 0.25) is 0 Å². The second-order valence-corrected chi connectivity index (χ2v) is 4.05. The number of hydrogen-bond acceptors (Lipinski definition) is 4. The van der Waals surface area contributed by atoms with Crippen LogP contribution in [0.1, 0.15) is 21.0 Å². The van der Waals surface area contributed by atoms with Gasteiger partial charge in [-0.2, -0.15) is 5.10 Å². The summed E-state index contributed by atoms with van der Waals surface area (Å²) in [6.45, 7) is 0. The number of carbonyl (C=O) groups is 2. The standard InChI is InChI=1S/C12H12N4O3/c1-15(2)11(17)10-7-8(3-5-13-10)16-6-4-9(14-16)12(18)19/h3-7H,1-2H3,(H,18,19). The van der Waals surface area contributed by atoms with E-state index in [0.29, 0.717) is 5.69 Å². The number of hydrogen-bond donors (Lipinski definition) is 1. The molecule has 0 radical (unpaired) electrons. The molecule has 2 heterocycles. The summed E-state index contributed by atoms with van der Waals surface area (Å²) in [4.78, 5) is 27.9. The summed E-state index contributed by atoms with van der Waals surface area (Å²) in [7, 11) is 3.26. The number of carboxylic acid groups (broad SMARTS) is 1. The fourth-order valence-electron chi connectivity index (χ4n) is 1.49. The first-order valence-electron chi connectivity index (χ1n) is 5.46. The molecule has 2 rings (SSSR count). The van der Waals surface area contributed by atoms with E-state index in [4.69, 9.17) is 5.11 Å². The van der Waals surface area contributed by atoms with Crippen LogP contribution >= 0.6 is 0 Å². The first-order chi connectivity index (χ1) is 8.99. The Morgan fingerprint density at radius 1 is 1.26 bits per heavy atom. The molecule has 1 amide bonds. The van der Waals surface area contributed by atoms with Gasteiger partial charge in [0.1, 0.15) is 5.69 Å². The quantitative estimate of drug-likeness (QED) is 0.876. The molecule has 0 unspecified atom stereocenters. The molecule has 1 N–H and O–H groups in total. The molecule has 7 heteroatoms. The first-order valence-corrected chi connectivity index (χ1v) is 5.46. The largest absolute Gasteiger partial charge is 0.476 e. The number of rotatable bonds is 3. The number of carboxylic acids is 1. The molecule has 0 atom stereocenters. The molecular weight excluding hydrogens is 248 g/mol. The highest BCUT2D eigenvalue weighted by molar-refractivity contribution is 5.92. The molecule has 0 bridgehead atoms. The van der Waals surface area contributed by atoms with Crippen LogP contribution in [-0.2, 0) is 0 Å². The van der Waals surface area contributed by atoms with Crippen LogP contribution in [0.3, 0.4) is 0 Å². The highest BCUT2D eigenvalue weighted by atomic mass is 16.4. The number of nitrogens with zero attached hydrogens (tertiary/aromatic N) is 4. The molecule has 98 valence electrons. The monoisotopic (exact) mass is 260 g/mol. The lowest BCUT2D eigenvalue weighted by atomic mass is 10.3. The van der Waals surface area contributed by atoms with E-state index in [1.807, 2.05) is 0 Å². The summed E-state index contributed by atoms with van der Waals surface area (Å²) in [5, 5.41) is 12.7. The molecule has 0 saturated carbocycles. The third-order valence-corrected chi connectivity index (χ3v) is 2.44. The minimum atomic E-state index is -1.10. The zero-order chi connectivity index (χ0) is 14.0. The minimum Gasteiger partial charge on any atom is -0.476 e. The summed E-state index contributed by atoms with van der Waals surface area (Å²) < 4.78 is 1.39. The third-order valence-electron chi connectivity index (χ3n) is 2.44. The van der Waals surface area contributed by atoms with Crippen molar-refractivity contribution >= 4 is 11.9 Å². The first kappa shape index (κ1) is 12.7. The number of aromatic carboxylic acids is 1. The van der Waals surface area contributed by atoms with Gasteiger partial charge in [-0.3, -0.25) is 9.78 Å². The SMILES string of the molecule is CN(C)C(=O)c1cc(-n2ccc(C(=O)O)n2)ccn1. The molecule has 0 aliphatic carbocycles.